The number of hydrogen-bond donors (Lipinski definition) is 4. The highest BCUT2D eigenvalue weighted by atomic mass is 127. The van der Waals surface area contributed by atoms with Crippen LogP contribution in [0.5, 0.6) is 0 Å². The van der Waals surface area contributed by atoms with Gasteiger partial charge in [0.1, 0.15) is 5.60 Å². The molecule has 0 unspecified atom stereocenters. The molecule has 0 fully saturated rings. The van der Waals surface area contributed by atoms with Gasteiger partial charge in [-0.1, -0.05) is 12.1 Å². The number of carbonyl (C=O) groups is 1. The highest BCUT2D eigenvalue weighted by Crippen LogP contribution is 2.13. The van der Waals surface area contributed by atoms with Gasteiger partial charge in [0, 0.05) is 31.4 Å². The summed E-state index contributed by atoms with van der Waals surface area (Å²) in [6.45, 7) is 10.0. The van der Waals surface area contributed by atoms with Gasteiger partial charge in [0.15, 0.2) is 5.96 Å². The quantitative estimate of drug-likeness (QED) is 0.217. The Bertz CT molecular complexity index is 834. The molecular weight excluding hydrogens is 533 g/mol. The average molecular weight is 570 g/mol. The normalized spacial score (nSPS) is 12.5. The molecule has 0 heterocycles. The van der Waals surface area contributed by atoms with Gasteiger partial charge in [0.2, 0.25) is 10.0 Å². The Morgan fingerprint density at radius 3 is 2.13 bits per heavy atom. The fraction of sp³-hybridized carbons (Fsp3) is 0.600. The number of sulfonamides is 1. The maximum absolute atomic E-state index is 11.8. The molecule has 0 aliphatic rings. The topological polar surface area (TPSA) is 121 Å². The van der Waals surface area contributed by atoms with Crippen LogP contribution in [0.1, 0.15) is 40.2 Å². The van der Waals surface area contributed by atoms with Gasteiger partial charge in [-0.05, 0) is 58.7 Å². The molecule has 1 aromatic carbocycles. The number of aliphatic imine (C=N–C) groups is 1. The lowest BCUT2D eigenvalue weighted by atomic mass is 10.1. The number of nitrogens with one attached hydrogen (secondary N) is 4. The second kappa shape index (κ2) is 12.4. The smallest absolute Gasteiger partial charge is 0.412 e. The summed E-state index contributed by atoms with van der Waals surface area (Å²) in [7, 11) is -1.64. The number of benzene rings is 1. The van der Waals surface area contributed by atoms with Crippen LogP contribution in [0.3, 0.4) is 0 Å². The summed E-state index contributed by atoms with van der Waals surface area (Å²) >= 11 is 0. The first-order chi connectivity index (χ1) is 13.7. The van der Waals surface area contributed by atoms with E-state index in [1.807, 2.05) is 45.0 Å². The molecule has 0 saturated heterocycles. The third-order valence-corrected chi connectivity index (χ3v) is 4.61. The van der Waals surface area contributed by atoms with Crippen LogP contribution >= 0.6 is 24.0 Å². The predicted molar refractivity (Wildman–Crippen MR) is 137 cm³/mol. The van der Waals surface area contributed by atoms with E-state index in [4.69, 9.17) is 4.74 Å². The van der Waals surface area contributed by atoms with Crippen LogP contribution < -0.4 is 20.7 Å². The van der Waals surface area contributed by atoms with E-state index >= 15 is 0 Å². The second-order valence-electron chi connectivity index (χ2n) is 8.68. The Morgan fingerprint density at radius 1 is 1.06 bits per heavy atom. The number of rotatable bonds is 8. The Balaban J connectivity index is 0.00000900. The van der Waals surface area contributed by atoms with Crippen molar-refractivity contribution in [3.05, 3.63) is 29.8 Å². The molecule has 4 N–H and O–H groups in total. The minimum atomic E-state index is -3.29. The van der Waals surface area contributed by atoms with E-state index in [2.05, 4.69) is 25.7 Å². The van der Waals surface area contributed by atoms with Crippen LogP contribution in [0.15, 0.2) is 29.3 Å². The van der Waals surface area contributed by atoms with E-state index < -0.39 is 27.3 Å². The summed E-state index contributed by atoms with van der Waals surface area (Å²) in [6.07, 6.45) is 1.40. The van der Waals surface area contributed by atoms with Crippen molar-refractivity contribution >= 4 is 51.7 Å². The van der Waals surface area contributed by atoms with Crippen molar-refractivity contribution in [2.45, 2.75) is 52.2 Å². The lowest BCUT2D eigenvalue weighted by Crippen LogP contribution is -2.53. The third-order valence-electron chi connectivity index (χ3n) is 3.69. The van der Waals surface area contributed by atoms with Gasteiger partial charge in [-0.15, -0.1) is 24.0 Å². The molecular formula is C20H36IN5O4S. The van der Waals surface area contributed by atoms with E-state index in [0.29, 0.717) is 24.7 Å². The average Bonchev–Trinajstić information content (AvgIpc) is 2.55. The SMILES string of the molecule is CN=C(NCCc1ccc(NC(=O)OC(C)(C)C)cc1)NCC(C)(C)NS(C)(=O)=O.I. The summed E-state index contributed by atoms with van der Waals surface area (Å²) in [5.74, 6) is 0.585. The van der Waals surface area contributed by atoms with Gasteiger partial charge in [-0.3, -0.25) is 10.3 Å². The van der Waals surface area contributed by atoms with Crippen molar-refractivity contribution in [3.8, 4) is 0 Å². The standard InChI is InChI=1S/C20H35N5O4S.HI/c1-19(2,3)29-18(26)24-16-10-8-15(9-11-16)12-13-22-17(21-6)23-14-20(4,5)25-30(7,27)28;/h8-11,25H,12-14H2,1-7H3,(H,24,26)(H2,21,22,23);1H. The van der Waals surface area contributed by atoms with Crippen LogP contribution in [0.4, 0.5) is 10.5 Å². The monoisotopic (exact) mass is 569 g/mol. The molecule has 0 bridgehead atoms. The van der Waals surface area contributed by atoms with Crippen LogP contribution in [0.25, 0.3) is 0 Å². The first-order valence-electron chi connectivity index (χ1n) is 9.71. The van der Waals surface area contributed by atoms with Crippen molar-refractivity contribution in [1.29, 1.82) is 0 Å². The number of hydrogen-bond acceptors (Lipinski definition) is 5. The lowest BCUT2D eigenvalue weighted by molar-refractivity contribution is 0.0636. The molecule has 0 aromatic heterocycles. The summed E-state index contributed by atoms with van der Waals surface area (Å²) < 4.78 is 30.6. The van der Waals surface area contributed by atoms with E-state index in [0.717, 1.165) is 18.2 Å². The van der Waals surface area contributed by atoms with E-state index in [-0.39, 0.29) is 24.0 Å². The Morgan fingerprint density at radius 2 is 1.65 bits per heavy atom. The minimum absolute atomic E-state index is 0. The summed E-state index contributed by atoms with van der Waals surface area (Å²) in [5.41, 5.74) is 0.561. The van der Waals surface area contributed by atoms with Crippen molar-refractivity contribution < 1.29 is 17.9 Å². The summed E-state index contributed by atoms with van der Waals surface area (Å²) in [6, 6.07) is 7.52. The highest BCUT2D eigenvalue weighted by molar-refractivity contribution is 14.0. The zero-order chi connectivity index (χ0) is 23.0. The van der Waals surface area contributed by atoms with E-state index in [9.17, 15) is 13.2 Å². The molecule has 0 aliphatic carbocycles. The molecule has 0 saturated carbocycles. The first kappa shape index (κ1) is 29.4. The van der Waals surface area contributed by atoms with E-state index in [1.54, 1.807) is 20.9 Å². The maximum Gasteiger partial charge on any atom is 0.412 e. The zero-order valence-electron chi connectivity index (χ0n) is 19.3. The number of carbonyl (C=O) groups excluding carboxylic acids is 1. The molecule has 0 atom stereocenters. The number of nitrogens with zero attached hydrogens (tertiary/aromatic N) is 1. The second-order valence-corrected chi connectivity index (χ2v) is 10.4. The largest absolute Gasteiger partial charge is 0.444 e. The van der Waals surface area contributed by atoms with Gasteiger partial charge in [0.05, 0.1) is 6.26 Å². The van der Waals surface area contributed by atoms with Crippen LogP contribution in [-0.2, 0) is 21.2 Å². The van der Waals surface area contributed by atoms with E-state index in [1.165, 1.54) is 0 Å². The molecule has 178 valence electrons. The Hall–Kier alpha value is -1.60. The van der Waals surface area contributed by atoms with Gasteiger partial charge in [-0.25, -0.2) is 17.9 Å². The van der Waals surface area contributed by atoms with Gasteiger partial charge >= 0.3 is 6.09 Å². The van der Waals surface area contributed by atoms with Gasteiger partial charge in [-0.2, -0.15) is 0 Å². The fourth-order valence-electron chi connectivity index (χ4n) is 2.56. The molecule has 9 nitrogen and oxygen atoms in total. The van der Waals surface area contributed by atoms with Gasteiger partial charge in [0.25, 0.3) is 0 Å². The minimum Gasteiger partial charge on any atom is -0.444 e. The molecule has 1 amide bonds. The van der Waals surface area contributed by atoms with Crippen LogP contribution in [0, 0.1) is 0 Å². The summed E-state index contributed by atoms with van der Waals surface area (Å²) in [4.78, 5) is 16.0. The predicted octanol–water partition coefficient (Wildman–Crippen LogP) is 2.69. The maximum atomic E-state index is 11.8. The van der Waals surface area contributed by atoms with Crippen molar-refractivity contribution in [2.24, 2.45) is 4.99 Å². The first-order valence-corrected chi connectivity index (χ1v) is 11.6. The lowest BCUT2D eigenvalue weighted by Gasteiger charge is -2.26. The highest BCUT2D eigenvalue weighted by Gasteiger charge is 2.22. The number of anilines is 1. The molecule has 0 radical (unpaired) electrons. The number of halogens is 1. The van der Waals surface area contributed by atoms with Crippen molar-refractivity contribution in [2.75, 3.05) is 31.7 Å². The molecule has 0 spiro atoms. The number of guanidine groups is 1. The third kappa shape index (κ3) is 14.2. The number of amides is 1. The molecule has 1 aromatic rings. The van der Waals surface area contributed by atoms with Crippen molar-refractivity contribution in [3.63, 3.8) is 0 Å². The van der Waals surface area contributed by atoms with Gasteiger partial charge < -0.3 is 15.4 Å². The summed E-state index contributed by atoms with van der Waals surface area (Å²) in [5, 5.41) is 9.02. The van der Waals surface area contributed by atoms with Crippen molar-refractivity contribution in [1.82, 2.24) is 15.4 Å². The van der Waals surface area contributed by atoms with Crippen LogP contribution in [0.2, 0.25) is 0 Å². The Labute approximate surface area is 203 Å². The molecule has 1 rings (SSSR count). The molecule has 0 aliphatic heterocycles. The molecule has 11 heteroatoms. The number of ether oxygens (including phenoxy) is 1. The van der Waals surface area contributed by atoms with Crippen LogP contribution in [-0.4, -0.2) is 58.0 Å². The zero-order valence-corrected chi connectivity index (χ0v) is 22.5. The molecule has 31 heavy (non-hydrogen) atoms. The Kier molecular flexibility index (Phi) is 11.8. The fourth-order valence-corrected chi connectivity index (χ4v) is 3.64.